The molecule has 144 valence electrons. The number of rotatable bonds is 7. The Morgan fingerprint density at radius 2 is 1.44 bits per heavy atom. The first-order chi connectivity index (χ1) is 13.0. The number of benzene rings is 2. The van der Waals surface area contributed by atoms with E-state index in [9.17, 15) is 9.36 Å². The number of likely N-dealkylation sites (tertiary alicyclic amines) is 1. The van der Waals surface area contributed by atoms with Crippen LogP contribution in [0.4, 0.5) is 4.79 Å². The molecule has 6 nitrogen and oxygen atoms in total. The average Bonchev–Trinajstić information content (AvgIpc) is 2.68. The highest BCUT2D eigenvalue weighted by atomic mass is 31.2. The fraction of sp³-hybridized carbons (Fsp3) is 0.350. The molecule has 27 heavy (non-hydrogen) atoms. The predicted octanol–water partition coefficient (Wildman–Crippen LogP) is 5.12. The molecule has 0 radical (unpaired) electrons. The molecular weight excluding hydrogens is 365 g/mol. The van der Waals surface area contributed by atoms with E-state index in [4.69, 9.17) is 14.2 Å². The highest BCUT2D eigenvalue weighted by Gasteiger charge is 2.31. The topological polar surface area (TPSA) is 76.1 Å². The highest BCUT2D eigenvalue weighted by molar-refractivity contribution is 7.54. The first-order valence-electron chi connectivity index (χ1n) is 9.10. The van der Waals surface area contributed by atoms with Crippen LogP contribution in [0.15, 0.2) is 60.7 Å². The smallest absolute Gasteiger partial charge is 0.430 e. The van der Waals surface area contributed by atoms with E-state index >= 15 is 0 Å². The molecule has 1 heterocycles. The Hall–Kier alpha value is -2.46. The molecule has 3 rings (SSSR count). The molecule has 1 aliphatic heterocycles. The van der Waals surface area contributed by atoms with Crippen molar-refractivity contribution >= 4 is 13.7 Å². The Balaban J connectivity index is 1.65. The average molecular weight is 389 g/mol. The second-order valence-corrected chi connectivity index (χ2v) is 8.68. The number of hydrogen-bond donors (Lipinski definition) is 1. The number of hydrogen-bond acceptors (Lipinski definition) is 4. The molecule has 1 amide bonds. The summed E-state index contributed by atoms with van der Waals surface area (Å²) in [6, 6.07) is 18.1. The molecule has 0 aliphatic carbocycles. The van der Waals surface area contributed by atoms with Gasteiger partial charge in [-0.2, -0.15) is 0 Å². The number of piperidine rings is 1. The molecule has 0 atom stereocenters. The van der Waals surface area contributed by atoms with E-state index in [1.165, 1.54) is 4.90 Å². The van der Waals surface area contributed by atoms with Crippen LogP contribution in [-0.4, -0.2) is 35.4 Å². The van der Waals surface area contributed by atoms with Gasteiger partial charge in [0.25, 0.3) is 0 Å². The largest absolute Gasteiger partial charge is 0.465 e. The second kappa shape index (κ2) is 8.96. The van der Waals surface area contributed by atoms with Crippen LogP contribution in [-0.2, 0) is 4.57 Å². The van der Waals surface area contributed by atoms with E-state index in [1.807, 2.05) is 36.4 Å². The zero-order valence-electron chi connectivity index (χ0n) is 15.1. The van der Waals surface area contributed by atoms with Gasteiger partial charge in [0.05, 0.1) is 6.16 Å². The molecule has 1 N–H and O–H groups in total. The normalized spacial score (nSPS) is 15.3. The van der Waals surface area contributed by atoms with E-state index < -0.39 is 13.7 Å². The van der Waals surface area contributed by atoms with Crippen molar-refractivity contribution in [1.29, 1.82) is 0 Å². The van der Waals surface area contributed by atoms with Crippen molar-refractivity contribution in [1.82, 2.24) is 4.90 Å². The third-order valence-electron chi connectivity index (χ3n) is 4.67. The molecule has 1 aliphatic rings. The van der Waals surface area contributed by atoms with Crippen LogP contribution in [0, 0.1) is 5.92 Å². The van der Waals surface area contributed by atoms with E-state index in [2.05, 4.69) is 0 Å². The van der Waals surface area contributed by atoms with Crippen LogP contribution in [0.3, 0.4) is 0 Å². The number of para-hydroxylation sites is 2. The van der Waals surface area contributed by atoms with E-state index in [1.54, 1.807) is 24.3 Å². The summed E-state index contributed by atoms with van der Waals surface area (Å²) in [4.78, 5) is 12.5. The monoisotopic (exact) mass is 389 g/mol. The van der Waals surface area contributed by atoms with Crippen LogP contribution < -0.4 is 9.05 Å². The fourth-order valence-corrected chi connectivity index (χ4v) is 4.93. The van der Waals surface area contributed by atoms with E-state index in [-0.39, 0.29) is 6.16 Å². The van der Waals surface area contributed by atoms with Gasteiger partial charge in [0.2, 0.25) is 0 Å². The summed E-state index contributed by atoms with van der Waals surface area (Å²) in [5.41, 5.74) is 0. The van der Waals surface area contributed by atoms with Crippen LogP contribution in [0.5, 0.6) is 11.5 Å². The second-order valence-electron chi connectivity index (χ2n) is 6.64. The Bertz CT molecular complexity index is 730. The summed E-state index contributed by atoms with van der Waals surface area (Å²) in [5.74, 6) is 1.34. The molecule has 0 bridgehead atoms. The van der Waals surface area contributed by atoms with Crippen molar-refractivity contribution in [3.8, 4) is 11.5 Å². The van der Waals surface area contributed by atoms with Crippen molar-refractivity contribution in [3.05, 3.63) is 60.7 Å². The molecule has 1 saturated heterocycles. The Morgan fingerprint density at radius 1 is 0.963 bits per heavy atom. The van der Waals surface area contributed by atoms with Gasteiger partial charge in [0, 0.05) is 13.1 Å². The zero-order valence-corrected chi connectivity index (χ0v) is 16.0. The predicted molar refractivity (Wildman–Crippen MR) is 104 cm³/mol. The first kappa shape index (κ1) is 19.3. The van der Waals surface area contributed by atoms with Crippen molar-refractivity contribution < 1.29 is 23.5 Å². The number of carbonyl (C=O) groups is 1. The Morgan fingerprint density at radius 3 is 1.89 bits per heavy atom. The van der Waals surface area contributed by atoms with Gasteiger partial charge in [-0.1, -0.05) is 36.4 Å². The summed E-state index contributed by atoms with van der Waals surface area (Å²) in [6.45, 7) is 1.03. The molecule has 0 saturated carbocycles. The third kappa shape index (κ3) is 5.76. The Labute approximate surface area is 159 Å². The maximum absolute atomic E-state index is 13.4. The maximum atomic E-state index is 13.4. The summed E-state index contributed by atoms with van der Waals surface area (Å²) in [6.07, 6.45) is 1.61. The van der Waals surface area contributed by atoms with Crippen molar-refractivity contribution in [3.63, 3.8) is 0 Å². The lowest BCUT2D eigenvalue weighted by Crippen LogP contribution is -2.37. The number of carboxylic acid groups (broad SMARTS) is 1. The molecule has 0 aromatic heterocycles. The van der Waals surface area contributed by atoms with E-state index in [0.717, 1.165) is 12.8 Å². The third-order valence-corrected chi connectivity index (χ3v) is 6.46. The molecule has 1 fully saturated rings. The highest BCUT2D eigenvalue weighted by Crippen LogP contribution is 2.49. The lowest BCUT2D eigenvalue weighted by atomic mass is 9.95. The summed E-state index contributed by atoms with van der Waals surface area (Å²) in [7, 11) is -3.39. The van der Waals surface area contributed by atoms with Gasteiger partial charge in [0.1, 0.15) is 11.5 Å². The molecule has 0 spiro atoms. The number of amides is 1. The minimum atomic E-state index is -3.39. The van der Waals surface area contributed by atoms with Gasteiger partial charge in [-0.15, -0.1) is 0 Å². The number of nitrogens with zero attached hydrogens (tertiary/aromatic N) is 1. The molecular formula is C20H24NO5P. The zero-order chi connectivity index (χ0) is 19.1. The van der Waals surface area contributed by atoms with Crippen LogP contribution in [0.1, 0.15) is 19.3 Å². The van der Waals surface area contributed by atoms with Gasteiger partial charge in [-0.05, 0) is 49.4 Å². The molecule has 7 heteroatoms. The van der Waals surface area contributed by atoms with Gasteiger partial charge < -0.3 is 19.1 Å². The lowest BCUT2D eigenvalue weighted by molar-refractivity contribution is 0.124. The van der Waals surface area contributed by atoms with Crippen LogP contribution in [0.2, 0.25) is 0 Å². The van der Waals surface area contributed by atoms with Crippen LogP contribution in [0.25, 0.3) is 0 Å². The van der Waals surface area contributed by atoms with Gasteiger partial charge in [-0.3, -0.25) is 0 Å². The molecule has 0 unspecified atom stereocenters. The SMILES string of the molecule is O=C(O)N1CCC(CCP(=O)(Oc2ccccc2)Oc2ccccc2)CC1. The summed E-state index contributed by atoms with van der Waals surface area (Å²) >= 11 is 0. The first-order valence-corrected chi connectivity index (χ1v) is 10.8. The molecule has 2 aromatic rings. The van der Waals surface area contributed by atoms with Crippen molar-refractivity contribution in [2.24, 2.45) is 5.92 Å². The van der Waals surface area contributed by atoms with Gasteiger partial charge in [-0.25, -0.2) is 9.36 Å². The lowest BCUT2D eigenvalue weighted by Gasteiger charge is -2.30. The summed E-state index contributed by atoms with van der Waals surface area (Å²) < 4.78 is 25.0. The summed E-state index contributed by atoms with van der Waals surface area (Å²) in [5, 5.41) is 9.05. The van der Waals surface area contributed by atoms with Gasteiger partial charge >= 0.3 is 13.7 Å². The van der Waals surface area contributed by atoms with Crippen LogP contribution >= 0.6 is 7.60 Å². The minimum absolute atomic E-state index is 0.286. The standard InChI is InChI=1S/C20H24NO5P/c22-20(23)21-14-11-17(12-15-21)13-16-27(24,25-18-7-3-1-4-8-18)26-19-9-5-2-6-10-19/h1-10,17H,11-16H2,(H,22,23). The quantitative estimate of drug-likeness (QED) is 0.666. The maximum Gasteiger partial charge on any atom is 0.430 e. The Kier molecular flexibility index (Phi) is 6.40. The van der Waals surface area contributed by atoms with Gasteiger partial charge in [0.15, 0.2) is 0 Å². The fourth-order valence-electron chi connectivity index (χ4n) is 3.15. The van der Waals surface area contributed by atoms with E-state index in [0.29, 0.717) is 36.9 Å². The van der Waals surface area contributed by atoms with Crippen molar-refractivity contribution in [2.45, 2.75) is 19.3 Å². The minimum Gasteiger partial charge on any atom is -0.465 e. The van der Waals surface area contributed by atoms with Crippen molar-refractivity contribution in [2.75, 3.05) is 19.3 Å². The molecule has 2 aromatic carbocycles.